The summed E-state index contributed by atoms with van der Waals surface area (Å²) in [5.74, 6) is -1.05. The van der Waals surface area contributed by atoms with Gasteiger partial charge in [0.05, 0.1) is 30.2 Å². The summed E-state index contributed by atoms with van der Waals surface area (Å²) in [5.41, 5.74) is 6.67. The summed E-state index contributed by atoms with van der Waals surface area (Å²) >= 11 is 0. The van der Waals surface area contributed by atoms with E-state index in [1.54, 1.807) is 11.9 Å². The van der Waals surface area contributed by atoms with E-state index in [2.05, 4.69) is 0 Å². The van der Waals surface area contributed by atoms with Gasteiger partial charge in [0, 0.05) is 20.1 Å². The summed E-state index contributed by atoms with van der Waals surface area (Å²) < 4.78 is 5.20. The van der Waals surface area contributed by atoms with Gasteiger partial charge < -0.3 is 20.5 Å². The predicted molar refractivity (Wildman–Crippen MR) is 74.0 cm³/mol. The molecule has 1 fully saturated rings. The standard InChI is InChI=1S/C13H17N3O4/c1-15(13(19)16-4-6-20-7-5-16)11-3-2-9(12(17)18)8-10(11)14/h2-3,8H,4-7,14H2,1H3,(H,17,18). The van der Waals surface area contributed by atoms with Crippen LogP contribution >= 0.6 is 0 Å². The van der Waals surface area contributed by atoms with Crippen LogP contribution in [0.1, 0.15) is 10.4 Å². The molecular weight excluding hydrogens is 262 g/mol. The van der Waals surface area contributed by atoms with E-state index in [0.29, 0.717) is 32.0 Å². The number of hydrogen-bond donors (Lipinski definition) is 2. The van der Waals surface area contributed by atoms with Gasteiger partial charge in [0.25, 0.3) is 0 Å². The maximum Gasteiger partial charge on any atom is 0.335 e. The van der Waals surface area contributed by atoms with Gasteiger partial charge in [0.1, 0.15) is 0 Å². The zero-order chi connectivity index (χ0) is 14.7. The molecule has 108 valence electrons. The number of morpholine rings is 1. The van der Waals surface area contributed by atoms with Crippen LogP contribution in [0.15, 0.2) is 18.2 Å². The molecule has 0 atom stereocenters. The molecule has 1 aliphatic rings. The summed E-state index contributed by atoms with van der Waals surface area (Å²) in [6.07, 6.45) is 0. The zero-order valence-electron chi connectivity index (χ0n) is 11.2. The van der Waals surface area contributed by atoms with Gasteiger partial charge in [-0.25, -0.2) is 9.59 Å². The molecule has 2 rings (SSSR count). The van der Waals surface area contributed by atoms with Crippen molar-refractivity contribution in [2.24, 2.45) is 0 Å². The van der Waals surface area contributed by atoms with E-state index in [0.717, 1.165) is 0 Å². The number of anilines is 2. The Bertz CT molecular complexity index is 526. The number of carbonyl (C=O) groups excluding carboxylic acids is 1. The van der Waals surface area contributed by atoms with Crippen molar-refractivity contribution in [2.45, 2.75) is 0 Å². The summed E-state index contributed by atoms with van der Waals surface area (Å²) in [6.45, 7) is 2.12. The van der Waals surface area contributed by atoms with Crippen molar-refractivity contribution in [1.82, 2.24) is 4.90 Å². The van der Waals surface area contributed by atoms with E-state index in [-0.39, 0.29) is 17.3 Å². The number of carboxylic acid groups (broad SMARTS) is 1. The lowest BCUT2D eigenvalue weighted by Crippen LogP contribution is -2.47. The normalized spacial score (nSPS) is 14.9. The lowest BCUT2D eigenvalue weighted by Gasteiger charge is -2.31. The lowest BCUT2D eigenvalue weighted by molar-refractivity contribution is 0.0551. The third-order valence-corrected chi connectivity index (χ3v) is 3.20. The Morgan fingerprint density at radius 3 is 2.55 bits per heavy atom. The molecule has 0 unspecified atom stereocenters. The number of nitrogen functional groups attached to an aromatic ring is 1. The molecule has 7 nitrogen and oxygen atoms in total. The second-order valence-electron chi connectivity index (χ2n) is 4.52. The molecule has 2 amide bonds. The second kappa shape index (κ2) is 5.79. The van der Waals surface area contributed by atoms with E-state index in [9.17, 15) is 9.59 Å². The van der Waals surface area contributed by atoms with Crippen LogP contribution in [0.25, 0.3) is 0 Å². The van der Waals surface area contributed by atoms with Crippen LogP contribution in [0.4, 0.5) is 16.2 Å². The minimum atomic E-state index is -1.05. The molecule has 3 N–H and O–H groups in total. The van der Waals surface area contributed by atoms with Crippen LogP contribution in [0.3, 0.4) is 0 Å². The SMILES string of the molecule is CN(C(=O)N1CCOCC1)c1ccc(C(=O)O)cc1N. The summed E-state index contributed by atoms with van der Waals surface area (Å²) in [6, 6.07) is 4.14. The molecule has 0 aliphatic carbocycles. The number of hydrogen-bond acceptors (Lipinski definition) is 4. The van der Waals surface area contributed by atoms with Gasteiger partial charge >= 0.3 is 12.0 Å². The van der Waals surface area contributed by atoms with E-state index in [1.807, 2.05) is 0 Å². The van der Waals surface area contributed by atoms with Crippen LogP contribution < -0.4 is 10.6 Å². The van der Waals surface area contributed by atoms with Gasteiger partial charge in [-0.1, -0.05) is 0 Å². The van der Waals surface area contributed by atoms with Crippen LogP contribution in [0.2, 0.25) is 0 Å². The molecule has 1 aliphatic heterocycles. The first kappa shape index (κ1) is 14.1. The number of urea groups is 1. The van der Waals surface area contributed by atoms with E-state index >= 15 is 0 Å². The quantitative estimate of drug-likeness (QED) is 0.783. The molecule has 0 aromatic heterocycles. The third-order valence-electron chi connectivity index (χ3n) is 3.20. The Labute approximate surface area is 116 Å². The maximum absolute atomic E-state index is 12.3. The highest BCUT2D eigenvalue weighted by atomic mass is 16.5. The fourth-order valence-corrected chi connectivity index (χ4v) is 2.06. The van der Waals surface area contributed by atoms with E-state index < -0.39 is 5.97 Å². The minimum absolute atomic E-state index is 0.0958. The molecule has 0 bridgehead atoms. The Balaban J connectivity index is 2.17. The zero-order valence-corrected chi connectivity index (χ0v) is 11.2. The molecule has 1 saturated heterocycles. The first-order valence-corrected chi connectivity index (χ1v) is 6.24. The average Bonchev–Trinajstić information content (AvgIpc) is 2.46. The van der Waals surface area contributed by atoms with Crippen LogP contribution in [0, 0.1) is 0 Å². The van der Waals surface area contributed by atoms with Crippen molar-refractivity contribution >= 4 is 23.4 Å². The predicted octanol–water partition coefficient (Wildman–Crippen LogP) is 0.855. The Morgan fingerprint density at radius 2 is 2.00 bits per heavy atom. The molecule has 0 saturated carbocycles. The molecule has 0 radical (unpaired) electrons. The number of nitrogens with two attached hydrogens (primary N) is 1. The number of ether oxygens (including phenoxy) is 1. The average molecular weight is 279 g/mol. The topological polar surface area (TPSA) is 96.1 Å². The minimum Gasteiger partial charge on any atom is -0.478 e. The van der Waals surface area contributed by atoms with Gasteiger partial charge in [-0.15, -0.1) is 0 Å². The summed E-state index contributed by atoms with van der Waals surface area (Å²) in [5, 5.41) is 8.89. The highest BCUT2D eigenvalue weighted by Gasteiger charge is 2.22. The molecule has 7 heteroatoms. The van der Waals surface area contributed by atoms with E-state index in [4.69, 9.17) is 15.6 Å². The Hall–Kier alpha value is -2.28. The second-order valence-corrected chi connectivity index (χ2v) is 4.52. The molecule has 20 heavy (non-hydrogen) atoms. The number of carboxylic acids is 1. The highest BCUT2D eigenvalue weighted by Crippen LogP contribution is 2.24. The fraction of sp³-hybridized carbons (Fsp3) is 0.385. The summed E-state index contributed by atoms with van der Waals surface area (Å²) in [4.78, 5) is 26.2. The van der Waals surface area contributed by atoms with Crippen LogP contribution in [0.5, 0.6) is 0 Å². The largest absolute Gasteiger partial charge is 0.478 e. The smallest absolute Gasteiger partial charge is 0.335 e. The number of carbonyl (C=O) groups is 2. The van der Waals surface area contributed by atoms with E-state index in [1.165, 1.54) is 23.1 Å². The fourth-order valence-electron chi connectivity index (χ4n) is 2.06. The number of rotatable bonds is 2. The van der Waals surface area contributed by atoms with Crippen molar-refractivity contribution in [3.8, 4) is 0 Å². The van der Waals surface area contributed by atoms with Crippen molar-refractivity contribution in [3.05, 3.63) is 23.8 Å². The monoisotopic (exact) mass is 279 g/mol. The van der Waals surface area contributed by atoms with Gasteiger partial charge in [-0.3, -0.25) is 4.90 Å². The van der Waals surface area contributed by atoms with Crippen LogP contribution in [-0.4, -0.2) is 55.4 Å². The van der Waals surface area contributed by atoms with Gasteiger partial charge in [0.2, 0.25) is 0 Å². The lowest BCUT2D eigenvalue weighted by atomic mass is 10.1. The molecular formula is C13H17N3O4. The van der Waals surface area contributed by atoms with Crippen molar-refractivity contribution < 1.29 is 19.4 Å². The number of amides is 2. The van der Waals surface area contributed by atoms with Gasteiger partial charge in [-0.05, 0) is 18.2 Å². The van der Waals surface area contributed by atoms with Gasteiger partial charge in [0.15, 0.2) is 0 Å². The van der Waals surface area contributed by atoms with Crippen molar-refractivity contribution in [1.29, 1.82) is 0 Å². The molecule has 1 aromatic carbocycles. The third kappa shape index (κ3) is 2.83. The van der Waals surface area contributed by atoms with Crippen molar-refractivity contribution in [3.63, 3.8) is 0 Å². The molecule has 1 aromatic rings. The van der Waals surface area contributed by atoms with Gasteiger partial charge in [-0.2, -0.15) is 0 Å². The Kier molecular flexibility index (Phi) is 4.09. The number of benzene rings is 1. The molecule has 0 spiro atoms. The first-order chi connectivity index (χ1) is 9.50. The molecule has 1 heterocycles. The highest BCUT2D eigenvalue weighted by molar-refractivity contribution is 5.97. The Morgan fingerprint density at radius 1 is 1.35 bits per heavy atom. The maximum atomic E-state index is 12.3. The summed E-state index contributed by atoms with van der Waals surface area (Å²) in [7, 11) is 1.62. The number of nitrogens with zero attached hydrogens (tertiary/aromatic N) is 2. The van der Waals surface area contributed by atoms with Crippen LogP contribution in [-0.2, 0) is 4.74 Å². The first-order valence-electron chi connectivity index (χ1n) is 6.24. The van der Waals surface area contributed by atoms with Crippen molar-refractivity contribution in [2.75, 3.05) is 44.0 Å². The number of aromatic carboxylic acids is 1.